The van der Waals surface area contributed by atoms with Gasteiger partial charge < -0.3 is 19.3 Å². The molecular formula is C28H31N7O3. The molecule has 10 heteroatoms. The van der Waals surface area contributed by atoms with Gasteiger partial charge in [-0.05, 0) is 45.0 Å². The average Bonchev–Trinajstić information content (AvgIpc) is 3.57. The topological polar surface area (TPSA) is 98.0 Å². The lowest BCUT2D eigenvalue weighted by Gasteiger charge is -2.26. The molecule has 0 bridgehead atoms. The van der Waals surface area contributed by atoms with Crippen LogP contribution in [-0.2, 0) is 4.74 Å². The summed E-state index contributed by atoms with van der Waals surface area (Å²) in [4.78, 5) is 21.4. The second-order valence-electron chi connectivity index (χ2n) is 9.90. The zero-order chi connectivity index (χ0) is 26.2. The van der Waals surface area contributed by atoms with Crippen molar-refractivity contribution in [2.75, 3.05) is 44.3 Å². The van der Waals surface area contributed by atoms with Gasteiger partial charge in [0, 0.05) is 43.4 Å². The van der Waals surface area contributed by atoms with Crippen molar-refractivity contribution in [3.63, 3.8) is 0 Å². The van der Waals surface area contributed by atoms with Gasteiger partial charge in [-0.1, -0.05) is 12.1 Å². The molecule has 1 aromatic carbocycles. The largest absolute Gasteiger partial charge is 0.485 e. The van der Waals surface area contributed by atoms with Crippen molar-refractivity contribution in [2.24, 2.45) is 0 Å². The number of aromatic nitrogens is 5. The second kappa shape index (κ2) is 10.0. The third-order valence-corrected chi connectivity index (χ3v) is 7.21. The standard InChI is InChI=1S/C28H31N7O3/c1-18-16-26-29-19(2)27(20(3)35(26)32-18)38-23-10-11-34(17-23)22-6-4-21(5-7-22)24-8-9-25(31-30-24)28(36)33-12-14-37-15-13-33/h4-9,16,23H,10-15,17H2,1-3H3/t23-/m1/s1. The van der Waals surface area contributed by atoms with Crippen LogP contribution in [0.2, 0.25) is 0 Å². The Morgan fingerprint density at radius 2 is 1.79 bits per heavy atom. The van der Waals surface area contributed by atoms with Gasteiger partial charge in [0.05, 0.1) is 42.5 Å². The fourth-order valence-electron chi connectivity index (χ4n) is 5.16. The van der Waals surface area contributed by atoms with Crippen molar-refractivity contribution in [1.29, 1.82) is 0 Å². The number of amides is 1. The Labute approximate surface area is 221 Å². The molecule has 10 nitrogen and oxygen atoms in total. The molecule has 38 heavy (non-hydrogen) atoms. The summed E-state index contributed by atoms with van der Waals surface area (Å²) in [6.07, 6.45) is 1.01. The Kier molecular flexibility index (Phi) is 6.40. The van der Waals surface area contributed by atoms with Crippen LogP contribution < -0.4 is 9.64 Å². The summed E-state index contributed by atoms with van der Waals surface area (Å²) >= 11 is 0. The zero-order valence-electron chi connectivity index (χ0n) is 21.9. The summed E-state index contributed by atoms with van der Waals surface area (Å²) in [5.41, 5.74) is 6.84. The van der Waals surface area contributed by atoms with Gasteiger partial charge in [0.1, 0.15) is 6.10 Å². The van der Waals surface area contributed by atoms with Gasteiger partial charge in [0.15, 0.2) is 17.1 Å². The van der Waals surface area contributed by atoms with Crippen LogP contribution >= 0.6 is 0 Å². The van der Waals surface area contributed by atoms with Crippen molar-refractivity contribution < 1.29 is 14.3 Å². The Morgan fingerprint density at radius 1 is 1.00 bits per heavy atom. The normalized spacial score (nSPS) is 17.8. The number of anilines is 1. The van der Waals surface area contributed by atoms with E-state index in [0.29, 0.717) is 32.0 Å². The Hall–Kier alpha value is -4.05. The SMILES string of the molecule is Cc1cc2nc(C)c(O[C@@H]3CCN(c4ccc(-c5ccc(C(=O)N6CCOCC6)nn5)cc4)C3)c(C)n2n1. The molecular weight excluding hydrogens is 482 g/mol. The van der Waals surface area contributed by atoms with Crippen LogP contribution in [0.3, 0.4) is 0 Å². The molecule has 5 heterocycles. The molecule has 0 aliphatic carbocycles. The average molecular weight is 514 g/mol. The van der Waals surface area contributed by atoms with E-state index >= 15 is 0 Å². The van der Waals surface area contributed by atoms with E-state index in [9.17, 15) is 4.79 Å². The lowest BCUT2D eigenvalue weighted by molar-refractivity contribution is 0.0298. The fraction of sp³-hybridized carbons (Fsp3) is 0.393. The Bertz CT molecular complexity index is 1460. The Morgan fingerprint density at radius 3 is 2.53 bits per heavy atom. The maximum Gasteiger partial charge on any atom is 0.274 e. The molecule has 0 saturated carbocycles. The predicted octanol–water partition coefficient (Wildman–Crippen LogP) is 3.24. The van der Waals surface area contributed by atoms with E-state index in [-0.39, 0.29) is 12.0 Å². The Balaban J connectivity index is 1.10. The van der Waals surface area contributed by atoms with Crippen molar-refractivity contribution in [3.05, 3.63) is 65.2 Å². The number of hydrogen-bond donors (Lipinski definition) is 0. The van der Waals surface area contributed by atoms with E-state index in [1.165, 1.54) is 0 Å². The number of rotatable bonds is 5. The smallest absolute Gasteiger partial charge is 0.274 e. The minimum absolute atomic E-state index is 0.0744. The van der Waals surface area contributed by atoms with E-state index in [1.807, 2.05) is 49.6 Å². The van der Waals surface area contributed by atoms with Crippen LogP contribution in [0, 0.1) is 20.8 Å². The molecule has 2 aliphatic rings. The molecule has 6 rings (SSSR count). The van der Waals surface area contributed by atoms with Gasteiger partial charge >= 0.3 is 0 Å². The molecule has 2 saturated heterocycles. The molecule has 3 aromatic heterocycles. The number of benzene rings is 1. The first-order valence-electron chi connectivity index (χ1n) is 13.0. The lowest BCUT2D eigenvalue weighted by Crippen LogP contribution is -2.41. The van der Waals surface area contributed by atoms with Crippen LogP contribution in [0.15, 0.2) is 42.5 Å². The third-order valence-electron chi connectivity index (χ3n) is 7.21. The van der Waals surface area contributed by atoms with Crippen LogP contribution in [0.25, 0.3) is 16.9 Å². The first-order chi connectivity index (χ1) is 18.5. The van der Waals surface area contributed by atoms with E-state index in [2.05, 4.69) is 37.3 Å². The predicted molar refractivity (Wildman–Crippen MR) is 143 cm³/mol. The van der Waals surface area contributed by atoms with Crippen molar-refractivity contribution in [2.45, 2.75) is 33.3 Å². The summed E-state index contributed by atoms with van der Waals surface area (Å²) in [6.45, 7) is 9.99. The molecule has 0 radical (unpaired) electrons. The maximum absolute atomic E-state index is 12.6. The van der Waals surface area contributed by atoms with Crippen molar-refractivity contribution in [3.8, 4) is 17.0 Å². The molecule has 0 unspecified atom stereocenters. The molecule has 1 amide bonds. The minimum Gasteiger partial charge on any atom is -0.485 e. The first-order valence-corrected chi connectivity index (χ1v) is 13.0. The first kappa shape index (κ1) is 24.3. The van der Waals surface area contributed by atoms with Crippen LogP contribution in [0.4, 0.5) is 5.69 Å². The molecule has 2 fully saturated rings. The summed E-state index contributed by atoms with van der Waals surface area (Å²) in [5.74, 6) is 0.714. The fourth-order valence-corrected chi connectivity index (χ4v) is 5.16. The minimum atomic E-state index is -0.102. The van der Waals surface area contributed by atoms with Gasteiger partial charge in [0.25, 0.3) is 5.91 Å². The lowest BCUT2D eigenvalue weighted by atomic mass is 10.1. The summed E-state index contributed by atoms with van der Waals surface area (Å²) in [5, 5.41) is 13.1. The summed E-state index contributed by atoms with van der Waals surface area (Å²) in [7, 11) is 0. The number of carbonyl (C=O) groups excluding carboxylic acids is 1. The van der Waals surface area contributed by atoms with Crippen molar-refractivity contribution in [1.82, 2.24) is 29.7 Å². The molecule has 0 N–H and O–H groups in total. The maximum atomic E-state index is 12.6. The quantitative estimate of drug-likeness (QED) is 0.401. The van der Waals surface area contributed by atoms with Gasteiger partial charge in [0.2, 0.25) is 0 Å². The number of aryl methyl sites for hydroxylation is 3. The van der Waals surface area contributed by atoms with Gasteiger partial charge in [-0.2, -0.15) is 5.10 Å². The summed E-state index contributed by atoms with van der Waals surface area (Å²) < 4.78 is 13.6. The van der Waals surface area contributed by atoms with Gasteiger partial charge in [-0.3, -0.25) is 4.79 Å². The molecule has 4 aromatic rings. The number of hydrogen-bond acceptors (Lipinski definition) is 8. The van der Waals surface area contributed by atoms with Gasteiger partial charge in [-0.15, -0.1) is 10.2 Å². The number of ether oxygens (including phenoxy) is 2. The molecule has 0 spiro atoms. The highest BCUT2D eigenvalue weighted by molar-refractivity contribution is 5.92. The highest BCUT2D eigenvalue weighted by atomic mass is 16.5. The van der Waals surface area contributed by atoms with Crippen molar-refractivity contribution >= 4 is 17.2 Å². The second-order valence-corrected chi connectivity index (χ2v) is 9.90. The van der Waals surface area contributed by atoms with Crippen LogP contribution in [0.5, 0.6) is 5.75 Å². The van der Waals surface area contributed by atoms with E-state index in [4.69, 9.17) is 9.47 Å². The van der Waals surface area contributed by atoms with E-state index in [1.54, 1.807) is 11.0 Å². The van der Waals surface area contributed by atoms with Gasteiger partial charge in [-0.25, -0.2) is 9.50 Å². The third kappa shape index (κ3) is 4.67. The van der Waals surface area contributed by atoms with Crippen LogP contribution in [0.1, 0.15) is 34.0 Å². The number of fused-ring (bicyclic) bond motifs is 1. The molecule has 1 atom stereocenters. The van der Waals surface area contributed by atoms with E-state index in [0.717, 1.165) is 64.9 Å². The molecule has 2 aliphatic heterocycles. The summed E-state index contributed by atoms with van der Waals surface area (Å²) in [6, 6.07) is 13.9. The van der Waals surface area contributed by atoms with Crippen LogP contribution in [-0.4, -0.2) is 81.1 Å². The molecule has 196 valence electrons. The highest BCUT2D eigenvalue weighted by Crippen LogP contribution is 2.29. The highest BCUT2D eigenvalue weighted by Gasteiger charge is 2.26. The monoisotopic (exact) mass is 513 g/mol. The number of carbonyl (C=O) groups is 1. The number of morpholine rings is 1. The van der Waals surface area contributed by atoms with E-state index < -0.39 is 0 Å². The number of nitrogens with zero attached hydrogens (tertiary/aromatic N) is 7. The zero-order valence-corrected chi connectivity index (χ0v) is 21.9.